The Bertz CT molecular complexity index is 3900. The summed E-state index contributed by atoms with van der Waals surface area (Å²) in [5.74, 6) is -5.55. The average molecular weight is 2120 g/mol. The molecule has 42 heteroatoms. The zero-order valence-corrected chi connectivity index (χ0v) is 89.6. The van der Waals surface area contributed by atoms with Gasteiger partial charge in [0.15, 0.2) is 53.8 Å². The van der Waals surface area contributed by atoms with Gasteiger partial charge in [-0.25, -0.2) is 4.98 Å². The van der Waals surface area contributed by atoms with E-state index in [9.17, 15) is 96.1 Å². The summed E-state index contributed by atoms with van der Waals surface area (Å²) in [6.45, 7) is 15.2. The van der Waals surface area contributed by atoms with Crippen LogP contribution in [0.2, 0.25) is 0 Å². The van der Waals surface area contributed by atoms with Gasteiger partial charge in [-0.1, -0.05) is 242 Å². The van der Waals surface area contributed by atoms with Crippen LogP contribution in [0.4, 0.5) is 10.2 Å². The minimum Gasteiger partial charge on any atom is -0.481 e. The normalized spacial score (nSPS) is 13.7. The number of aliphatic hydroxyl groups excluding tert-OH is 4. The fourth-order valence-corrected chi connectivity index (χ4v) is 13.3. The van der Waals surface area contributed by atoms with Gasteiger partial charge in [-0.2, -0.15) is 14.4 Å². The van der Waals surface area contributed by atoms with Crippen molar-refractivity contribution in [3.63, 3.8) is 0 Å². The second-order valence-corrected chi connectivity index (χ2v) is 35.7. The third-order valence-corrected chi connectivity index (χ3v) is 21.9. The molecule has 2 aliphatic rings. The molecule has 0 radical (unpaired) electrons. The number of aliphatic hydroxyl groups is 4. The Morgan fingerprint density at radius 3 is 1.03 bits per heavy atom. The first-order valence-electron chi connectivity index (χ1n) is 52.8. The highest BCUT2D eigenvalue weighted by Gasteiger charge is 2.51. The van der Waals surface area contributed by atoms with Gasteiger partial charge in [0, 0.05) is 103 Å². The Labute approximate surface area is 872 Å². The molecule has 2 saturated heterocycles. The Morgan fingerprint density at radius 1 is 0.435 bits per heavy atom. The smallest absolute Gasteiger partial charge is 0.313 e. The van der Waals surface area contributed by atoms with Crippen molar-refractivity contribution in [1.82, 2.24) is 19.5 Å². The molecule has 2 aromatic rings. The number of esters is 13. The van der Waals surface area contributed by atoms with Crippen molar-refractivity contribution in [1.29, 1.82) is 0 Å². The van der Waals surface area contributed by atoms with Crippen LogP contribution in [0, 0.1) is 18.4 Å². The fourth-order valence-electron chi connectivity index (χ4n) is 13.2. The van der Waals surface area contributed by atoms with Crippen LogP contribution >= 0.6 is 11.6 Å². The van der Waals surface area contributed by atoms with Crippen LogP contribution in [0.25, 0.3) is 11.2 Å². The van der Waals surface area contributed by atoms with Crippen molar-refractivity contribution in [2.75, 3.05) is 78.4 Å². The maximum absolute atomic E-state index is 13.9. The topological polar surface area (TPSA) is 581 Å². The van der Waals surface area contributed by atoms with Gasteiger partial charge in [0.05, 0.1) is 12.9 Å². The van der Waals surface area contributed by atoms with E-state index < -0.39 is 104 Å². The summed E-state index contributed by atoms with van der Waals surface area (Å²) < 4.78 is 82.2. The molecule has 2 fully saturated rings. The van der Waals surface area contributed by atoms with Crippen molar-refractivity contribution in [3.05, 3.63) is 12.4 Å². The molecule has 842 valence electrons. The summed E-state index contributed by atoms with van der Waals surface area (Å²) in [6, 6.07) is 0. The van der Waals surface area contributed by atoms with Crippen molar-refractivity contribution in [3.8, 4) is 12.3 Å². The number of unbranched alkanes of at least 4 members (excludes halogenated alkanes) is 27. The first-order valence-corrected chi connectivity index (χ1v) is 53.2. The van der Waals surface area contributed by atoms with Gasteiger partial charge in [0.1, 0.15) is 71.3 Å². The molecule has 2 aromatic heterocycles. The molecule has 0 unspecified atom stereocenters. The largest absolute Gasteiger partial charge is 0.481 e. The van der Waals surface area contributed by atoms with Crippen LogP contribution in [0.15, 0.2) is 6.33 Å². The molecule has 4 heterocycles. The predicted octanol–water partition coefficient (Wildman–Crippen LogP) is 16.5. The lowest BCUT2D eigenvalue weighted by Crippen LogP contribution is -2.44. The number of halogens is 2. The fraction of sp³-hybridized carbons (Fsp3) is 0.771. The van der Waals surface area contributed by atoms with Crippen LogP contribution in [0.1, 0.15) is 422 Å². The van der Waals surface area contributed by atoms with Crippen molar-refractivity contribution < 1.29 is 173 Å². The molecule has 4 rings (SSSR count). The van der Waals surface area contributed by atoms with E-state index in [1.54, 1.807) is 0 Å². The lowest BCUT2D eigenvalue weighted by molar-refractivity contribution is -0.167. The summed E-state index contributed by atoms with van der Waals surface area (Å²) >= 11 is 5.12. The highest BCUT2D eigenvalue weighted by molar-refractivity contribution is 6.63. The minimum absolute atomic E-state index is 0.0242. The molecule has 3 atom stereocenters. The number of carbonyl (C=O) groups excluding carboxylic acids is 16. The van der Waals surface area contributed by atoms with E-state index in [0.717, 1.165) is 205 Å². The number of ether oxygens (including phenoxy) is 13. The van der Waals surface area contributed by atoms with Gasteiger partial charge in [-0.3, -0.25) is 86.1 Å². The Morgan fingerprint density at radius 2 is 0.741 bits per heavy atom. The Hall–Kier alpha value is -10.3. The summed E-state index contributed by atoms with van der Waals surface area (Å²) in [5, 5.41) is 43.8. The Kier molecular flexibility index (Phi) is 91.4. The van der Waals surface area contributed by atoms with Gasteiger partial charge in [0.25, 0.3) is 0 Å². The average Bonchev–Trinajstić information content (AvgIpc) is 1.61. The van der Waals surface area contributed by atoms with E-state index in [2.05, 4.69) is 87.9 Å². The number of nitrogens with zero attached hydrogens (tertiary/aromatic N) is 4. The monoisotopic (exact) mass is 2120 g/mol. The maximum atomic E-state index is 13.9. The molecule has 147 heavy (non-hydrogen) atoms. The zero-order chi connectivity index (χ0) is 110. The summed E-state index contributed by atoms with van der Waals surface area (Å²) in [7, 11) is 0. The number of carboxylic acids is 1. The zero-order valence-electron chi connectivity index (χ0n) is 88.8. The SMILES string of the molecule is C#C[C@]1(CO)O[C@@H](n2cnc3c(N)nc(F)nc32)C[C@@H]1OC(=O)CCCC(=O)OC(COC(=O)CCCCCC)COC(=O)CCCCCC.CCCCCCC(=O)Cl.CCCCCCC(=O)OCC(=O)COC(=O)CCCCCC.CCCCCCC(=O)OCC(COC(=O)CCCCCC)OC(=O)CCCC(=O)O.CCCCCCC(=O)OCC(O)COC(=O)CCCCCC.O=C(CO)CO.O=C1CCCC(=O)O1. The second-order valence-electron chi connectivity index (χ2n) is 35.3. The number of carboxylic acid groups (broad SMARTS) is 1. The van der Waals surface area contributed by atoms with Crippen LogP contribution in [-0.2, 0) is 143 Å². The molecule has 0 saturated carbocycles. The van der Waals surface area contributed by atoms with Crippen molar-refractivity contribution in [2.24, 2.45) is 0 Å². The predicted molar refractivity (Wildman–Crippen MR) is 541 cm³/mol. The molecule has 0 aliphatic carbocycles. The van der Waals surface area contributed by atoms with E-state index >= 15 is 0 Å². The molecule has 0 aromatic carbocycles. The third-order valence-electron chi connectivity index (χ3n) is 21.7. The highest BCUT2D eigenvalue weighted by Crippen LogP contribution is 2.40. The van der Waals surface area contributed by atoms with Crippen LogP contribution in [0.5, 0.6) is 0 Å². The molecule has 2 aliphatic heterocycles. The number of aliphatic carboxylic acids is 1. The van der Waals surface area contributed by atoms with Crippen molar-refractivity contribution >= 4 is 129 Å². The molecular formula is C105H173ClFN5O35. The number of nitrogens with two attached hydrogens (primary N) is 1. The number of anilines is 1. The second kappa shape index (κ2) is 95.4. The number of cyclic esters (lactones) is 2. The molecule has 7 N–H and O–H groups in total. The Balaban J connectivity index is -0.00000183. The van der Waals surface area contributed by atoms with Gasteiger partial charge < -0.3 is 92.8 Å². The van der Waals surface area contributed by atoms with E-state index in [4.69, 9.17) is 95.9 Å². The number of hydrogen-bond acceptors (Lipinski definition) is 38. The van der Waals surface area contributed by atoms with E-state index in [-0.39, 0.29) is 199 Å². The lowest BCUT2D eigenvalue weighted by Gasteiger charge is -2.26. The van der Waals surface area contributed by atoms with Crippen LogP contribution in [-0.4, -0.2) is 248 Å². The number of ketones is 2. The molecule has 0 amide bonds. The third kappa shape index (κ3) is 82.3. The number of fused-ring (bicyclic) bond motifs is 1. The number of hydrogen-bond donors (Lipinski definition) is 6. The molecule has 0 bridgehead atoms. The van der Waals surface area contributed by atoms with Gasteiger partial charge in [-0.15, -0.1) is 6.42 Å². The first kappa shape index (κ1) is 141. The van der Waals surface area contributed by atoms with E-state index in [1.807, 2.05) is 0 Å². The number of Topliss-reactive ketones (excluding diaryl/α,β-unsaturated/α-hetero) is 2. The number of rotatable bonds is 76. The number of imidazole rings is 1. The minimum atomic E-state index is -1.72. The first-order chi connectivity index (χ1) is 70.5. The van der Waals surface area contributed by atoms with E-state index in [1.165, 1.54) is 23.7 Å². The van der Waals surface area contributed by atoms with Crippen LogP contribution in [0.3, 0.4) is 0 Å². The molecule has 40 nitrogen and oxygen atoms in total. The quantitative estimate of drug-likeness (QED) is 0.00681. The number of aromatic nitrogens is 4. The van der Waals surface area contributed by atoms with Gasteiger partial charge in [0.2, 0.25) is 11.0 Å². The number of carbonyl (C=O) groups is 17. The highest BCUT2D eigenvalue weighted by atomic mass is 35.5. The summed E-state index contributed by atoms with van der Waals surface area (Å²) in [6.07, 6.45) is 40.4. The van der Waals surface area contributed by atoms with Crippen molar-refractivity contribution in [2.45, 2.75) is 452 Å². The number of nitrogen functional groups attached to an aromatic ring is 1. The van der Waals surface area contributed by atoms with Crippen LogP contribution < -0.4 is 5.73 Å². The van der Waals surface area contributed by atoms with Gasteiger partial charge >= 0.3 is 89.6 Å². The standard InChI is InChI=1S/C34H48FN5O10.C22H38O8.C17H32O5.C17H30O5.C7H13ClO.C5H6O3.C3H6O3/c1-4-7-9-11-14-26(42)46-19-23(20-47-27(43)15-12-10-8-5-2)48-28(44)16-13-17-29(45)49-24-18-25(50-34(24,6-3)21-41)40-22-37-30-31(36)38-33(35)39-32(30)40;1-3-5-7-9-13-20(25)28-16-18(30-22(27)15-11-12-19(23)24)17-29-21(26)14-10-8-6-4-2;2*1-3-5-7-9-11-16(19)21-13-15(18)14-22-17(20)12-10-8-6-4-2;1-2-3-4-5-6-7(8)9;6-4-2-1-3-5(7)8-4;4-1-3(6)2-5/h3,22-25,41H,4-5,7-21H2,1-2H3,(H2,36,38,39);18H,3-17H2,1-2H3,(H,23,24);15,18H,3-14H2,1-2H3;3-14H2,1-2H3;2-6H2,1H3;1-3H2;4-5H,1-2H2/t24-,25+,34+;;;;;;/m0....../s1. The molecule has 0 spiro atoms. The van der Waals surface area contributed by atoms with E-state index in [0.29, 0.717) is 64.2 Å². The maximum Gasteiger partial charge on any atom is 0.313 e. The summed E-state index contributed by atoms with van der Waals surface area (Å²) in [4.78, 5) is 205. The summed E-state index contributed by atoms with van der Waals surface area (Å²) in [5.41, 5.74) is 4.17. The molecular weight excluding hydrogens is 1950 g/mol. The lowest BCUT2D eigenvalue weighted by atomic mass is 9.98. The van der Waals surface area contributed by atoms with Gasteiger partial charge in [-0.05, 0) is 88.7 Å². The number of terminal acetylenes is 1.